The molecule has 0 bridgehead atoms. The van der Waals surface area contributed by atoms with E-state index >= 15 is 0 Å². The summed E-state index contributed by atoms with van der Waals surface area (Å²) in [5, 5.41) is 10.6. The lowest BCUT2D eigenvalue weighted by atomic mass is 10.0. The monoisotopic (exact) mass is 433 g/mol. The molecule has 0 fully saturated rings. The van der Waals surface area contributed by atoms with E-state index in [1.54, 1.807) is 60.7 Å². The highest BCUT2D eigenvalue weighted by molar-refractivity contribution is 7.99. The van der Waals surface area contributed by atoms with Crippen LogP contribution in [0, 0.1) is 5.82 Å². The minimum Gasteiger partial charge on any atom is -0.411 e. The summed E-state index contributed by atoms with van der Waals surface area (Å²) in [7, 11) is 0. The van der Waals surface area contributed by atoms with Crippen LogP contribution in [-0.2, 0) is 4.79 Å². The summed E-state index contributed by atoms with van der Waals surface area (Å²) >= 11 is 1.02. The first kappa shape index (κ1) is 20.5. The van der Waals surface area contributed by atoms with E-state index in [0.717, 1.165) is 11.8 Å². The van der Waals surface area contributed by atoms with Crippen LogP contribution in [0.15, 0.2) is 88.5 Å². The highest BCUT2D eigenvalue weighted by Crippen LogP contribution is 2.25. The Balaban J connectivity index is 1.41. The molecular weight excluding hydrogens is 417 g/mol. The maximum absolute atomic E-state index is 13.8. The molecule has 31 heavy (non-hydrogen) atoms. The van der Waals surface area contributed by atoms with Gasteiger partial charge in [-0.15, -0.1) is 10.2 Å². The van der Waals surface area contributed by atoms with Crippen LogP contribution in [0.2, 0.25) is 0 Å². The van der Waals surface area contributed by atoms with Crippen molar-refractivity contribution in [2.75, 3.05) is 11.1 Å². The molecule has 0 radical (unpaired) electrons. The Hall–Kier alpha value is -3.78. The maximum atomic E-state index is 13.8. The van der Waals surface area contributed by atoms with E-state index in [1.807, 2.05) is 6.07 Å². The van der Waals surface area contributed by atoms with Gasteiger partial charge in [-0.25, -0.2) is 4.39 Å². The maximum Gasteiger partial charge on any atom is 0.277 e. The number of thioether (sulfide) groups is 1. The van der Waals surface area contributed by atoms with Crippen LogP contribution in [0.4, 0.5) is 10.1 Å². The lowest BCUT2D eigenvalue weighted by Crippen LogP contribution is -2.17. The fourth-order valence-corrected chi connectivity index (χ4v) is 3.42. The predicted octanol–water partition coefficient (Wildman–Crippen LogP) is 4.84. The van der Waals surface area contributed by atoms with Crippen LogP contribution in [0.3, 0.4) is 0 Å². The van der Waals surface area contributed by atoms with Crippen molar-refractivity contribution in [1.29, 1.82) is 0 Å². The average Bonchev–Trinajstić information content (AvgIpc) is 3.27. The van der Waals surface area contributed by atoms with E-state index in [2.05, 4.69) is 15.5 Å². The third kappa shape index (κ3) is 4.87. The molecule has 0 aliphatic carbocycles. The summed E-state index contributed by atoms with van der Waals surface area (Å²) in [4.78, 5) is 25.2. The molecule has 0 aliphatic heterocycles. The number of ketones is 1. The molecule has 0 aliphatic rings. The van der Waals surface area contributed by atoms with Crippen molar-refractivity contribution >= 4 is 29.1 Å². The second kappa shape index (κ2) is 9.36. The van der Waals surface area contributed by atoms with Crippen molar-refractivity contribution in [3.8, 4) is 11.5 Å². The number of aromatic nitrogens is 2. The van der Waals surface area contributed by atoms with Gasteiger partial charge in [0.05, 0.1) is 17.0 Å². The topological polar surface area (TPSA) is 85.1 Å². The van der Waals surface area contributed by atoms with Crippen LogP contribution in [0.25, 0.3) is 11.5 Å². The van der Waals surface area contributed by atoms with Crippen molar-refractivity contribution in [3.63, 3.8) is 0 Å². The van der Waals surface area contributed by atoms with E-state index in [0.29, 0.717) is 16.8 Å². The van der Waals surface area contributed by atoms with Crippen molar-refractivity contribution < 1.29 is 18.4 Å². The Morgan fingerprint density at radius 2 is 1.61 bits per heavy atom. The first-order valence-corrected chi connectivity index (χ1v) is 10.3. The minimum atomic E-state index is -0.472. The lowest BCUT2D eigenvalue weighted by molar-refractivity contribution is -0.113. The third-order valence-electron chi connectivity index (χ3n) is 4.32. The molecule has 3 aromatic carbocycles. The number of amides is 1. The molecule has 0 unspecified atom stereocenters. The fraction of sp³-hybridized carbons (Fsp3) is 0.0435. The number of nitrogens with one attached hydrogen (secondary N) is 1. The number of hydrogen-bond acceptors (Lipinski definition) is 6. The fourth-order valence-electron chi connectivity index (χ4n) is 2.86. The summed E-state index contributed by atoms with van der Waals surface area (Å²) in [6.45, 7) is 0. The smallest absolute Gasteiger partial charge is 0.277 e. The summed E-state index contributed by atoms with van der Waals surface area (Å²) in [6, 6.07) is 21.7. The van der Waals surface area contributed by atoms with E-state index in [-0.39, 0.29) is 34.1 Å². The predicted molar refractivity (Wildman–Crippen MR) is 115 cm³/mol. The van der Waals surface area contributed by atoms with Crippen molar-refractivity contribution in [3.05, 3.63) is 95.8 Å². The summed E-state index contributed by atoms with van der Waals surface area (Å²) in [5.41, 5.74) is 1.54. The molecule has 4 rings (SSSR count). The van der Waals surface area contributed by atoms with E-state index in [4.69, 9.17) is 4.42 Å². The molecule has 1 N–H and O–H groups in total. The van der Waals surface area contributed by atoms with Gasteiger partial charge in [0.1, 0.15) is 5.82 Å². The average molecular weight is 433 g/mol. The van der Waals surface area contributed by atoms with Crippen LogP contribution >= 0.6 is 11.8 Å². The summed E-state index contributed by atoms with van der Waals surface area (Å²) in [5.74, 6) is -0.980. The summed E-state index contributed by atoms with van der Waals surface area (Å²) < 4.78 is 19.3. The number of hydrogen-bond donors (Lipinski definition) is 1. The number of benzene rings is 3. The molecule has 1 aromatic heterocycles. The molecule has 0 saturated carbocycles. The number of carbonyl (C=O) groups excluding carboxylic acids is 2. The van der Waals surface area contributed by atoms with Gasteiger partial charge in [0.15, 0.2) is 5.78 Å². The van der Waals surface area contributed by atoms with E-state index < -0.39 is 5.82 Å². The first-order valence-electron chi connectivity index (χ1n) is 9.31. The Kier molecular flexibility index (Phi) is 6.18. The molecule has 1 amide bonds. The van der Waals surface area contributed by atoms with Gasteiger partial charge in [-0.3, -0.25) is 9.59 Å². The highest BCUT2D eigenvalue weighted by Gasteiger charge is 2.17. The second-order valence-electron chi connectivity index (χ2n) is 6.43. The minimum absolute atomic E-state index is 0.0211. The molecule has 0 atom stereocenters. The second-order valence-corrected chi connectivity index (χ2v) is 7.36. The largest absolute Gasteiger partial charge is 0.411 e. The molecule has 4 aromatic rings. The van der Waals surface area contributed by atoms with Crippen molar-refractivity contribution in [1.82, 2.24) is 10.2 Å². The highest BCUT2D eigenvalue weighted by atomic mass is 32.2. The van der Waals surface area contributed by atoms with Crippen molar-refractivity contribution in [2.24, 2.45) is 0 Å². The van der Waals surface area contributed by atoms with Gasteiger partial charge >= 0.3 is 0 Å². The number of anilines is 1. The zero-order chi connectivity index (χ0) is 21.6. The SMILES string of the molecule is O=C(CSc1nnc(-c2ccccc2F)o1)Nc1ccccc1C(=O)c1ccccc1. The van der Waals surface area contributed by atoms with E-state index in [9.17, 15) is 14.0 Å². The number of carbonyl (C=O) groups is 2. The number of rotatable bonds is 7. The molecule has 8 heteroatoms. The van der Waals surface area contributed by atoms with Crippen LogP contribution < -0.4 is 5.32 Å². The van der Waals surface area contributed by atoms with Crippen molar-refractivity contribution in [2.45, 2.75) is 5.22 Å². The quantitative estimate of drug-likeness (QED) is 0.332. The van der Waals surface area contributed by atoms with Crippen LogP contribution in [-0.4, -0.2) is 27.6 Å². The number of para-hydroxylation sites is 1. The standard InChI is InChI=1S/C23H16FN3O3S/c24-18-12-6-4-10-16(18)22-26-27-23(30-22)31-14-20(28)25-19-13-7-5-11-17(19)21(29)15-8-2-1-3-9-15/h1-13H,14H2,(H,25,28). The lowest BCUT2D eigenvalue weighted by Gasteiger charge is -2.10. The van der Waals surface area contributed by atoms with Crippen LogP contribution in [0.5, 0.6) is 0 Å². The Labute approximate surface area is 181 Å². The summed E-state index contributed by atoms with van der Waals surface area (Å²) in [6.07, 6.45) is 0. The van der Waals surface area contributed by atoms with Crippen LogP contribution in [0.1, 0.15) is 15.9 Å². The molecule has 154 valence electrons. The number of halogens is 1. The Bertz CT molecular complexity index is 1230. The van der Waals surface area contributed by atoms with Gasteiger partial charge in [0.25, 0.3) is 11.1 Å². The van der Waals surface area contributed by atoms with Gasteiger partial charge < -0.3 is 9.73 Å². The molecule has 6 nitrogen and oxygen atoms in total. The van der Waals surface area contributed by atoms with Gasteiger partial charge in [0.2, 0.25) is 5.91 Å². The molecule has 1 heterocycles. The Morgan fingerprint density at radius 1 is 0.903 bits per heavy atom. The first-order chi connectivity index (χ1) is 15.1. The normalized spacial score (nSPS) is 10.6. The van der Waals surface area contributed by atoms with E-state index in [1.165, 1.54) is 12.1 Å². The molecule has 0 saturated heterocycles. The molecular formula is C23H16FN3O3S. The Morgan fingerprint density at radius 3 is 2.42 bits per heavy atom. The molecule has 0 spiro atoms. The third-order valence-corrected chi connectivity index (χ3v) is 5.14. The van der Waals surface area contributed by atoms with Gasteiger partial charge in [-0.05, 0) is 24.3 Å². The van der Waals surface area contributed by atoms with Gasteiger partial charge in [-0.1, -0.05) is 66.4 Å². The van der Waals surface area contributed by atoms with Gasteiger partial charge in [0, 0.05) is 11.1 Å². The number of nitrogens with zero attached hydrogens (tertiary/aromatic N) is 2. The zero-order valence-electron chi connectivity index (χ0n) is 16.1. The zero-order valence-corrected chi connectivity index (χ0v) is 16.9. The van der Waals surface area contributed by atoms with Gasteiger partial charge in [-0.2, -0.15) is 0 Å².